The number of rotatable bonds is 9. The van der Waals surface area contributed by atoms with Crippen molar-refractivity contribution >= 4 is 11.7 Å². The Kier molecular flexibility index (Phi) is 7.43. The minimum absolute atomic E-state index is 0.471. The number of anilines is 1. The Hall–Kier alpha value is -1.81. The standard InChI is InChI=1S/C16H24N2O2/c1-3-14(16(19)20)10-12-17-11-7-13-18(2)15-8-5-4-6-9-15/h4-6,8-10,17H,3,7,11-13H2,1-2H3,(H,19,20)/b14-10-. The molecule has 0 aromatic heterocycles. The molecule has 0 spiro atoms. The quantitative estimate of drug-likeness (QED) is 0.537. The second kappa shape index (κ2) is 9.15. The molecule has 0 heterocycles. The molecular weight excluding hydrogens is 252 g/mol. The monoisotopic (exact) mass is 276 g/mol. The van der Waals surface area contributed by atoms with Gasteiger partial charge in [-0.25, -0.2) is 4.79 Å². The topological polar surface area (TPSA) is 52.6 Å². The van der Waals surface area contributed by atoms with E-state index in [1.807, 2.05) is 25.1 Å². The third-order valence-electron chi connectivity index (χ3n) is 3.19. The first-order valence-electron chi connectivity index (χ1n) is 7.04. The molecule has 0 radical (unpaired) electrons. The molecule has 0 saturated heterocycles. The highest BCUT2D eigenvalue weighted by Gasteiger charge is 2.02. The predicted octanol–water partition coefficient (Wildman–Crippen LogP) is 2.52. The highest BCUT2D eigenvalue weighted by Crippen LogP contribution is 2.10. The van der Waals surface area contributed by atoms with Gasteiger partial charge >= 0.3 is 5.97 Å². The van der Waals surface area contributed by atoms with Gasteiger partial charge in [-0.15, -0.1) is 0 Å². The zero-order valence-electron chi connectivity index (χ0n) is 12.3. The van der Waals surface area contributed by atoms with Crippen molar-refractivity contribution < 1.29 is 9.90 Å². The van der Waals surface area contributed by atoms with Gasteiger partial charge in [0.2, 0.25) is 0 Å². The third kappa shape index (κ3) is 5.89. The van der Waals surface area contributed by atoms with Crippen LogP contribution in [0.25, 0.3) is 0 Å². The van der Waals surface area contributed by atoms with Crippen molar-refractivity contribution in [2.24, 2.45) is 0 Å². The van der Waals surface area contributed by atoms with Gasteiger partial charge in [0.1, 0.15) is 0 Å². The van der Waals surface area contributed by atoms with Gasteiger partial charge in [-0.3, -0.25) is 0 Å². The van der Waals surface area contributed by atoms with Crippen LogP contribution in [0.3, 0.4) is 0 Å². The number of hydrogen-bond donors (Lipinski definition) is 2. The van der Waals surface area contributed by atoms with E-state index in [0.717, 1.165) is 19.5 Å². The van der Waals surface area contributed by atoms with Gasteiger partial charge in [-0.05, 0) is 31.5 Å². The molecule has 4 heteroatoms. The average molecular weight is 276 g/mol. The Morgan fingerprint density at radius 1 is 1.35 bits per heavy atom. The maximum absolute atomic E-state index is 10.8. The second-order valence-electron chi connectivity index (χ2n) is 4.70. The van der Waals surface area contributed by atoms with Crippen molar-refractivity contribution in [2.45, 2.75) is 19.8 Å². The largest absolute Gasteiger partial charge is 0.478 e. The lowest BCUT2D eigenvalue weighted by atomic mass is 10.2. The zero-order valence-corrected chi connectivity index (χ0v) is 12.3. The maximum atomic E-state index is 10.8. The minimum Gasteiger partial charge on any atom is -0.478 e. The van der Waals surface area contributed by atoms with Gasteiger partial charge in [0.25, 0.3) is 0 Å². The van der Waals surface area contributed by atoms with Crippen LogP contribution in [0.15, 0.2) is 42.0 Å². The predicted molar refractivity (Wildman–Crippen MR) is 83.2 cm³/mol. The van der Waals surface area contributed by atoms with Crippen LogP contribution in [0.4, 0.5) is 5.69 Å². The van der Waals surface area contributed by atoms with Crippen LogP contribution in [0.1, 0.15) is 19.8 Å². The molecule has 0 atom stereocenters. The summed E-state index contributed by atoms with van der Waals surface area (Å²) in [5.74, 6) is -0.821. The molecule has 0 unspecified atom stereocenters. The molecule has 0 aliphatic carbocycles. The second-order valence-corrected chi connectivity index (χ2v) is 4.70. The first-order chi connectivity index (χ1) is 9.65. The molecule has 0 bridgehead atoms. The minimum atomic E-state index is -0.821. The number of carboxylic acids is 1. The normalized spacial score (nSPS) is 11.4. The number of benzene rings is 1. The number of carbonyl (C=O) groups is 1. The van der Waals surface area contributed by atoms with Crippen LogP contribution in [0, 0.1) is 0 Å². The Morgan fingerprint density at radius 2 is 2.05 bits per heavy atom. The number of hydrogen-bond acceptors (Lipinski definition) is 3. The highest BCUT2D eigenvalue weighted by atomic mass is 16.4. The van der Waals surface area contributed by atoms with E-state index in [1.54, 1.807) is 6.08 Å². The van der Waals surface area contributed by atoms with Crippen LogP contribution in [0.2, 0.25) is 0 Å². The van der Waals surface area contributed by atoms with Crippen LogP contribution < -0.4 is 10.2 Å². The fourth-order valence-electron chi connectivity index (χ4n) is 1.93. The smallest absolute Gasteiger partial charge is 0.331 e. The molecule has 0 saturated carbocycles. The van der Waals surface area contributed by atoms with E-state index in [1.165, 1.54) is 5.69 Å². The van der Waals surface area contributed by atoms with Crippen molar-refractivity contribution in [3.05, 3.63) is 42.0 Å². The summed E-state index contributed by atoms with van der Waals surface area (Å²) in [6, 6.07) is 10.3. The number of aliphatic carboxylic acids is 1. The fraction of sp³-hybridized carbons (Fsp3) is 0.438. The van der Waals surface area contributed by atoms with E-state index < -0.39 is 5.97 Å². The Bertz CT molecular complexity index is 429. The fourth-order valence-corrected chi connectivity index (χ4v) is 1.93. The molecule has 4 nitrogen and oxygen atoms in total. The third-order valence-corrected chi connectivity index (χ3v) is 3.19. The van der Waals surface area contributed by atoms with E-state index in [2.05, 4.69) is 29.4 Å². The summed E-state index contributed by atoms with van der Waals surface area (Å²) in [5.41, 5.74) is 1.69. The molecule has 1 aromatic rings. The van der Waals surface area contributed by atoms with Crippen LogP contribution in [-0.2, 0) is 4.79 Å². The summed E-state index contributed by atoms with van der Waals surface area (Å²) in [6.07, 6.45) is 3.34. The van der Waals surface area contributed by atoms with Gasteiger partial charge in [0, 0.05) is 31.4 Å². The van der Waals surface area contributed by atoms with Crippen molar-refractivity contribution in [3.63, 3.8) is 0 Å². The van der Waals surface area contributed by atoms with E-state index in [-0.39, 0.29) is 0 Å². The first kappa shape index (κ1) is 16.2. The van der Waals surface area contributed by atoms with Gasteiger partial charge in [-0.1, -0.05) is 31.2 Å². The number of para-hydroxylation sites is 1. The lowest BCUT2D eigenvalue weighted by Crippen LogP contribution is -2.24. The number of carboxylic acid groups (broad SMARTS) is 1. The Balaban J connectivity index is 2.18. The molecule has 0 fully saturated rings. The van der Waals surface area contributed by atoms with Gasteiger partial charge in [-0.2, -0.15) is 0 Å². The summed E-state index contributed by atoms with van der Waals surface area (Å²) in [4.78, 5) is 13.0. The molecule has 0 amide bonds. The van der Waals surface area contributed by atoms with E-state index in [4.69, 9.17) is 5.11 Å². The van der Waals surface area contributed by atoms with Crippen molar-refractivity contribution in [1.82, 2.24) is 5.32 Å². The molecule has 110 valence electrons. The summed E-state index contributed by atoms with van der Waals surface area (Å²) in [7, 11) is 2.08. The van der Waals surface area contributed by atoms with Gasteiger partial charge in [0.05, 0.1) is 0 Å². The van der Waals surface area contributed by atoms with Gasteiger partial charge < -0.3 is 15.3 Å². The maximum Gasteiger partial charge on any atom is 0.331 e. The lowest BCUT2D eigenvalue weighted by Gasteiger charge is -2.19. The van der Waals surface area contributed by atoms with Crippen molar-refractivity contribution in [1.29, 1.82) is 0 Å². The summed E-state index contributed by atoms with van der Waals surface area (Å²) < 4.78 is 0. The SMILES string of the molecule is CC/C(=C/CNCCCN(C)c1ccccc1)C(=O)O. The summed E-state index contributed by atoms with van der Waals surface area (Å²) in [6.45, 7) is 4.32. The van der Waals surface area contributed by atoms with E-state index in [9.17, 15) is 4.79 Å². The lowest BCUT2D eigenvalue weighted by molar-refractivity contribution is -0.132. The van der Waals surface area contributed by atoms with Crippen molar-refractivity contribution in [3.8, 4) is 0 Å². The molecule has 1 aromatic carbocycles. The molecule has 20 heavy (non-hydrogen) atoms. The Morgan fingerprint density at radius 3 is 2.65 bits per heavy atom. The zero-order chi connectivity index (χ0) is 14.8. The number of nitrogens with zero attached hydrogens (tertiary/aromatic N) is 1. The average Bonchev–Trinajstić information content (AvgIpc) is 2.46. The van der Waals surface area contributed by atoms with Gasteiger partial charge in [0.15, 0.2) is 0 Å². The molecule has 1 rings (SSSR count). The first-order valence-corrected chi connectivity index (χ1v) is 7.04. The summed E-state index contributed by atoms with van der Waals surface area (Å²) in [5, 5.41) is 12.1. The van der Waals surface area contributed by atoms with Crippen LogP contribution in [0.5, 0.6) is 0 Å². The molecular formula is C16H24N2O2. The highest BCUT2D eigenvalue weighted by molar-refractivity contribution is 5.86. The molecule has 0 aliphatic rings. The van der Waals surface area contributed by atoms with Crippen LogP contribution in [-0.4, -0.2) is 37.8 Å². The van der Waals surface area contributed by atoms with Crippen molar-refractivity contribution in [2.75, 3.05) is 31.6 Å². The molecule has 2 N–H and O–H groups in total. The van der Waals surface area contributed by atoms with E-state index in [0.29, 0.717) is 18.5 Å². The Labute approximate surface area is 121 Å². The summed E-state index contributed by atoms with van der Waals surface area (Å²) >= 11 is 0. The van der Waals surface area contributed by atoms with E-state index >= 15 is 0 Å². The molecule has 0 aliphatic heterocycles. The number of nitrogens with one attached hydrogen (secondary N) is 1. The van der Waals surface area contributed by atoms with Crippen LogP contribution >= 0.6 is 0 Å².